The topological polar surface area (TPSA) is 95.4 Å². The molecule has 0 radical (unpaired) electrons. The summed E-state index contributed by atoms with van der Waals surface area (Å²) in [5.74, 6) is 0.471. The van der Waals surface area contributed by atoms with Gasteiger partial charge in [0.25, 0.3) is 0 Å². The van der Waals surface area contributed by atoms with Crippen molar-refractivity contribution in [3.8, 4) is 0 Å². The molecule has 0 aromatic carbocycles. The van der Waals surface area contributed by atoms with Crippen molar-refractivity contribution in [2.45, 2.75) is 65.0 Å². The summed E-state index contributed by atoms with van der Waals surface area (Å²) < 4.78 is 4.59. The molecule has 0 aliphatic rings. The van der Waals surface area contributed by atoms with Crippen LogP contribution < -0.4 is 11.5 Å². The minimum Gasteiger partial charge on any atom is -0.468 e. The molecule has 0 saturated heterocycles. The van der Waals surface area contributed by atoms with Gasteiger partial charge < -0.3 is 16.2 Å². The molecule has 0 aromatic rings. The van der Waals surface area contributed by atoms with E-state index in [1.54, 1.807) is 0 Å². The smallest absolute Gasteiger partial charge is 0.322 e. The van der Waals surface area contributed by atoms with E-state index in [1.807, 2.05) is 6.92 Å². The molecule has 1 unspecified atom stereocenters. The van der Waals surface area contributed by atoms with Gasteiger partial charge in [-0.2, -0.15) is 0 Å². The average Bonchev–Trinajstić information content (AvgIpc) is 2.36. The summed E-state index contributed by atoms with van der Waals surface area (Å²) in [6, 6.07) is -0.920. The van der Waals surface area contributed by atoms with Crippen LogP contribution in [0.3, 0.4) is 0 Å². The Bertz CT molecular complexity index is 305. The molecular weight excluding hydrogens is 256 g/mol. The fourth-order valence-electron chi connectivity index (χ4n) is 2.25. The zero-order chi connectivity index (χ0) is 15.7. The molecule has 5 nitrogen and oxygen atoms in total. The average molecular weight is 286 g/mol. The highest BCUT2D eigenvalue weighted by Crippen LogP contribution is 2.15. The predicted molar refractivity (Wildman–Crippen MR) is 80.1 cm³/mol. The van der Waals surface area contributed by atoms with Gasteiger partial charge in [0.1, 0.15) is 11.8 Å². The Hall–Kier alpha value is -0.940. The fourth-order valence-corrected chi connectivity index (χ4v) is 2.25. The van der Waals surface area contributed by atoms with Gasteiger partial charge in [-0.1, -0.05) is 27.2 Å². The van der Waals surface area contributed by atoms with Crippen molar-refractivity contribution in [2.24, 2.45) is 23.3 Å². The molecule has 0 saturated carbocycles. The first-order chi connectivity index (χ1) is 9.27. The number of carbonyl (C=O) groups excluding carboxylic acids is 2. The number of ketones is 1. The van der Waals surface area contributed by atoms with Crippen molar-refractivity contribution in [1.29, 1.82) is 0 Å². The molecular formula is C15H30N2O3. The highest BCUT2D eigenvalue weighted by Gasteiger charge is 2.18. The lowest BCUT2D eigenvalue weighted by atomic mass is 9.93. The van der Waals surface area contributed by atoms with Crippen LogP contribution in [-0.4, -0.2) is 30.9 Å². The van der Waals surface area contributed by atoms with Crippen molar-refractivity contribution < 1.29 is 14.3 Å². The first kappa shape index (κ1) is 19.1. The van der Waals surface area contributed by atoms with Crippen LogP contribution in [0.2, 0.25) is 0 Å². The monoisotopic (exact) mass is 286 g/mol. The Morgan fingerprint density at radius 2 is 1.65 bits per heavy atom. The largest absolute Gasteiger partial charge is 0.468 e. The minimum absolute atomic E-state index is 0.128. The number of ether oxygens (including phenoxy) is 1. The molecule has 0 heterocycles. The number of Topliss-reactive ketones (excluding diaryl/α,β-unsaturated/α-hetero) is 1. The molecule has 0 rings (SSSR count). The Balaban J connectivity index is 3.88. The summed E-state index contributed by atoms with van der Waals surface area (Å²) in [6.07, 6.45) is 3.48. The second kappa shape index (κ2) is 9.88. The van der Waals surface area contributed by atoms with Gasteiger partial charge in [0, 0.05) is 6.42 Å². The van der Waals surface area contributed by atoms with Crippen LogP contribution >= 0.6 is 0 Å². The third-order valence-corrected chi connectivity index (χ3v) is 3.42. The van der Waals surface area contributed by atoms with Gasteiger partial charge in [0.05, 0.1) is 13.2 Å². The number of nitrogens with two attached hydrogens (primary N) is 2. The van der Waals surface area contributed by atoms with E-state index in [4.69, 9.17) is 11.5 Å². The first-order valence-corrected chi connectivity index (χ1v) is 7.39. The van der Waals surface area contributed by atoms with Crippen molar-refractivity contribution in [3.05, 3.63) is 0 Å². The van der Waals surface area contributed by atoms with Crippen LogP contribution in [-0.2, 0) is 14.3 Å². The Morgan fingerprint density at radius 1 is 1.05 bits per heavy atom. The Morgan fingerprint density at radius 3 is 2.15 bits per heavy atom. The summed E-state index contributed by atoms with van der Waals surface area (Å²) in [5.41, 5.74) is 11.5. The summed E-state index contributed by atoms with van der Waals surface area (Å²) in [4.78, 5) is 23.0. The third kappa shape index (κ3) is 8.27. The van der Waals surface area contributed by atoms with Gasteiger partial charge in [0.2, 0.25) is 0 Å². The molecule has 3 atom stereocenters. The van der Waals surface area contributed by atoms with E-state index in [-0.39, 0.29) is 17.8 Å². The molecule has 0 aliphatic heterocycles. The van der Waals surface area contributed by atoms with Crippen LogP contribution in [0.5, 0.6) is 0 Å². The van der Waals surface area contributed by atoms with Crippen molar-refractivity contribution in [2.75, 3.05) is 7.11 Å². The molecule has 4 N–H and O–H groups in total. The fraction of sp³-hybridized carbons (Fsp3) is 0.867. The zero-order valence-electron chi connectivity index (χ0n) is 13.2. The van der Waals surface area contributed by atoms with E-state index in [1.165, 1.54) is 7.11 Å². The van der Waals surface area contributed by atoms with E-state index < -0.39 is 6.04 Å². The second-order valence-electron chi connectivity index (χ2n) is 6.07. The number of carbonyl (C=O) groups is 2. The zero-order valence-corrected chi connectivity index (χ0v) is 13.2. The lowest BCUT2D eigenvalue weighted by Crippen LogP contribution is -2.33. The van der Waals surface area contributed by atoms with Gasteiger partial charge in [-0.05, 0) is 31.1 Å². The van der Waals surface area contributed by atoms with Gasteiger partial charge in [-0.25, -0.2) is 0 Å². The number of methoxy groups -OCH3 is 1. The van der Waals surface area contributed by atoms with E-state index in [2.05, 4.69) is 18.6 Å². The molecule has 0 aromatic heterocycles. The molecule has 0 fully saturated rings. The van der Waals surface area contributed by atoms with E-state index >= 15 is 0 Å². The molecule has 0 spiro atoms. The highest BCUT2D eigenvalue weighted by molar-refractivity contribution is 5.83. The molecule has 0 bridgehead atoms. The van der Waals surface area contributed by atoms with Gasteiger partial charge in [-0.3, -0.25) is 9.59 Å². The maximum absolute atomic E-state index is 11.8. The lowest BCUT2D eigenvalue weighted by Gasteiger charge is -2.16. The number of hydrogen-bond donors (Lipinski definition) is 2. The van der Waals surface area contributed by atoms with Gasteiger partial charge in [-0.15, -0.1) is 0 Å². The van der Waals surface area contributed by atoms with Crippen molar-refractivity contribution >= 4 is 11.8 Å². The van der Waals surface area contributed by atoms with Gasteiger partial charge >= 0.3 is 5.97 Å². The van der Waals surface area contributed by atoms with E-state index in [9.17, 15) is 9.59 Å². The van der Waals surface area contributed by atoms with Crippen LogP contribution in [0.15, 0.2) is 0 Å². The molecule has 20 heavy (non-hydrogen) atoms. The van der Waals surface area contributed by atoms with E-state index in [0.717, 1.165) is 19.3 Å². The van der Waals surface area contributed by atoms with Crippen molar-refractivity contribution in [1.82, 2.24) is 0 Å². The summed E-state index contributed by atoms with van der Waals surface area (Å²) >= 11 is 0. The first-order valence-electron chi connectivity index (χ1n) is 7.39. The predicted octanol–water partition coefficient (Wildman–Crippen LogP) is 1.63. The number of hydrogen-bond acceptors (Lipinski definition) is 5. The Labute approximate surface area is 122 Å². The normalized spacial score (nSPS) is 15.8. The quantitative estimate of drug-likeness (QED) is 0.595. The maximum atomic E-state index is 11.8. The van der Waals surface area contributed by atoms with Crippen LogP contribution in [0, 0.1) is 11.8 Å². The maximum Gasteiger partial charge on any atom is 0.322 e. The minimum atomic E-state index is -0.575. The summed E-state index contributed by atoms with van der Waals surface area (Å²) in [5, 5.41) is 0. The lowest BCUT2D eigenvalue weighted by molar-refractivity contribution is -0.142. The van der Waals surface area contributed by atoms with Crippen molar-refractivity contribution in [3.63, 3.8) is 0 Å². The Kier molecular flexibility index (Phi) is 9.42. The van der Waals surface area contributed by atoms with Crippen LogP contribution in [0.25, 0.3) is 0 Å². The standard InChI is InChI=1S/C15H30N2O3/c1-10(2)8-12(16)14(18)7-5-6-11(3)9-13(17)15(19)20-4/h10-13H,5-9,16-17H2,1-4H3/t11?,12-,13-/m0/s1. The van der Waals surface area contributed by atoms with Crippen LogP contribution in [0.1, 0.15) is 52.9 Å². The molecule has 0 aliphatic carbocycles. The number of rotatable bonds is 10. The molecule has 5 heteroatoms. The summed E-state index contributed by atoms with van der Waals surface area (Å²) in [6.45, 7) is 6.15. The summed E-state index contributed by atoms with van der Waals surface area (Å²) in [7, 11) is 1.33. The second-order valence-corrected chi connectivity index (χ2v) is 6.07. The SMILES string of the molecule is COC(=O)[C@@H](N)CC(C)CCCC(=O)[C@@H](N)CC(C)C. The number of esters is 1. The highest BCUT2D eigenvalue weighted by atomic mass is 16.5. The van der Waals surface area contributed by atoms with E-state index in [0.29, 0.717) is 24.7 Å². The molecule has 0 amide bonds. The van der Waals surface area contributed by atoms with Crippen LogP contribution in [0.4, 0.5) is 0 Å². The van der Waals surface area contributed by atoms with Gasteiger partial charge in [0.15, 0.2) is 0 Å². The third-order valence-electron chi connectivity index (χ3n) is 3.42. The molecule has 118 valence electrons.